The number of nitrogens with one attached hydrogen (secondary N) is 1. The highest BCUT2D eigenvalue weighted by Gasteiger charge is 2.38. The maximum atomic E-state index is 13.1. The number of furan rings is 1. The van der Waals surface area contributed by atoms with Gasteiger partial charge >= 0.3 is 0 Å². The molecule has 3 aromatic carbocycles. The number of hydrogen-bond donors (Lipinski definition) is 1. The van der Waals surface area contributed by atoms with Crippen molar-refractivity contribution in [3.63, 3.8) is 0 Å². The number of halogens is 1. The zero-order valence-electron chi connectivity index (χ0n) is 17.4. The van der Waals surface area contributed by atoms with Crippen LogP contribution in [0.25, 0.3) is 21.9 Å². The van der Waals surface area contributed by atoms with E-state index >= 15 is 0 Å². The van der Waals surface area contributed by atoms with E-state index in [1.165, 1.54) is 12.1 Å². The minimum absolute atomic E-state index is 0.233. The third-order valence-electron chi connectivity index (χ3n) is 5.87. The van der Waals surface area contributed by atoms with E-state index in [4.69, 9.17) is 9.15 Å². The van der Waals surface area contributed by atoms with Crippen molar-refractivity contribution in [1.29, 1.82) is 0 Å². The van der Waals surface area contributed by atoms with Gasteiger partial charge in [0.25, 0.3) is 0 Å². The number of nitrogens with zero attached hydrogens (tertiary/aromatic N) is 1. The van der Waals surface area contributed by atoms with Gasteiger partial charge in [-0.25, -0.2) is 4.39 Å². The first kappa shape index (κ1) is 20.1. The Kier molecular flexibility index (Phi) is 5.01. The van der Waals surface area contributed by atoms with Gasteiger partial charge in [-0.05, 0) is 36.2 Å². The van der Waals surface area contributed by atoms with Crippen molar-refractivity contribution in [2.75, 3.05) is 18.6 Å². The lowest BCUT2D eigenvalue weighted by Gasteiger charge is -2.19. The molecule has 6 nitrogen and oxygen atoms in total. The summed E-state index contributed by atoms with van der Waals surface area (Å²) < 4.78 is 24.6. The molecule has 0 spiro atoms. The monoisotopic (exact) mass is 432 g/mol. The number of carbonyl (C=O) groups is 2. The van der Waals surface area contributed by atoms with Crippen molar-refractivity contribution in [3.8, 4) is 5.75 Å². The average Bonchev–Trinajstić information content (AvgIpc) is 3.37. The molecule has 1 atom stereocenters. The van der Waals surface area contributed by atoms with Gasteiger partial charge in [-0.3, -0.25) is 9.59 Å². The molecule has 0 bridgehead atoms. The van der Waals surface area contributed by atoms with Gasteiger partial charge < -0.3 is 19.4 Å². The second kappa shape index (κ2) is 8.00. The first-order valence-electron chi connectivity index (χ1n) is 10.4. The van der Waals surface area contributed by atoms with Gasteiger partial charge in [0.05, 0.1) is 12.8 Å². The molecule has 4 aromatic rings. The molecule has 1 N–H and O–H groups in total. The maximum absolute atomic E-state index is 13.1. The minimum atomic E-state index is -0.786. The van der Waals surface area contributed by atoms with E-state index in [1.54, 1.807) is 30.2 Å². The van der Waals surface area contributed by atoms with Crippen LogP contribution in [0.5, 0.6) is 5.75 Å². The molecule has 162 valence electrons. The lowest BCUT2D eigenvalue weighted by atomic mass is 10.1. The molecule has 1 aromatic heterocycles. The summed E-state index contributed by atoms with van der Waals surface area (Å²) in [6.07, 6.45) is 0.398. The topological polar surface area (TPSA) is 71.8 Å². The number of rotatable bonds is 5. The summed E-state index contributed by atoms with van der Waals surface area (Å²) in [5.74, 6) is -1.20. The van der Waals surface area contributed by atoms with E-state index in [2.05, 4.69) is 5.32 Å². The highest BCUT2D eigenvalue weighted by Crippen LogP contribution is 2.40. The van der Waals surface area contributed by atoms with Gasteiger partial charge in [0.15, 0.2) is 0 Å². The third kappa shape index (κ3) is 3.45. The number of ether oxygens (including phenoxy) is 1. The number of amides is 2. The summed E-state index contributed by atoms with van der Waals surface area (Å²) >= 11 is 0. The fraction of sp³-hybridized carbons (Fsp3) is 0.200. The molecule has 2 heterocycles. The van der Waals surface area contributed by atoms with Crippen molar-refractivity contribution < 1.29 is 23.1 Å². The first-order chi connectivity index (χ1) is 15.5. The Hall–Kier alpha value is -3.87. The maximum Gasteiger partial charge on any atom is 0.239 e. The van der Waals surface area contributed by atoms with E-state index in [1.807, 2.05) is 30.3 Å². The summed E-state index contributed by atoms with van der Waals surface area (Å²) in [5, 5.41) is 4.65. The zero-order chi connectivity index (χ0) is 22.2. The van der Waals surface area contributed by atoms with Gasteiger partial charge in [0, 0.05) is 29.9 Å². The second-order valence-electron chi connectivity index (χ2n) is 7.79. The molecule has 1 unspecified atom stereocenters. The van der Waals surface area contributed by atoms with Crippen LogP contribution in [0.2, 0.25) is 0 Å². The number of anilines is 1. The third-order valence-corrected chi connectivity index (χ3v) is 5.87. The molecule has 0 saturated carbocycles. The Bertz CT molecular complexity index is 1330. The number of benzene rings is 3. The Morgan fingerprint density at radius 2 is 1.91 bits per heavy atom. The Morgan fingerprint density at radius 3 is 2.69 bits per heavy atom. The van der Waals surface area contributed by atoms with Gasteiger partial charge in [-0.1, -0.05) is 30.3 Å². The fourth-order valence-corrected chi connectivity index (χ4v) is 4.19. The average molecular weight is 432 g/mol. The zero-order valence-corrected chi connectivity index (χ0v) is 17.4. The van der Waals surface area contributed by atoms with Crippen LogP contribution in [-0.4, -0.2) is 25.5 Å². The van der Waals surface area contributed by atoms with Crippen LogP contribution in [0.1, 0.15) is 12.0 Å². The molecule has 1 aliphatic heterocycles. The smallest absolute Gasteiger partial charge is 0.239 e. The van der Waals surface area contributed by atoms with Crippen molar-refractivity contribution in [2.45, 2.75) is 13.0 Å². The molecule has 32 heavy (non-hydrogen) atoms. The lowest BCUT2D eigenvalue weighted by molar-refractivity contribution is -0.132. The van der Waals surface area contributed by atoms with Crippen LogP contribution >= 0.6 is 0 Å². The molecule has 0 radical (unpaired) electrons. The predicted molar refractivity (Wildman–Crippen MR) is 119 cm³/mol. The Morgan fingerprint density at radius 1 is 1.12 bits per heavy atom. The van der Waals surface area contributed by atoms with Crippen LogP contribution in [0.15, 0.2) is 65.1 Å². The van der Waals surface area contributed by atoms with E-state index < -0.39 is 5.92 Å². The first-order valence-corrected chi connectivity index (χ1v) is 10.4. The number of carbonyl (C=O) groups excluding carboxylic acids is 2. The van der Waals surface area contributed by atoms with E-state index in [0.717, 1.165) is 21.9 Å². The highest BCUT2D eigenvalue weighted by atomic mass is 19.1. The molecule has 1 aliphatic rings. The van der Waals surface area contributed by atoms with Gasteiger partial charge in [-0.15, -0.1) is 0 Å². The van der Waals surface area contributed by atoms with Gasteiger partial charge in [0.1, 0.15) is 28.7 Å². The van der Waals surface area contributed by atoms with Crippen LogP contribution in [0, 0.1) is 11.7 Å². The Balaban J connectivity index is 1.38. The molecule has 2 amide bonds. The van der Waals surface area contributed by atoms with Gasteiger partial charge in [-0.2, -0.15) is 0 Å². The van der Waals surface area contributed by atoms with Crippen molar-refractivity contribution >= 4 is 39.4 Å². The van der Waals surface area contributed by atoms with Gasteiger partial charge in [0.2, 0.25) is 11.8 Å². The fourth-order valence-electron chi connectivity index (χ4n) is 4.19. The molecular weight excluding hydrogens is 411 g/mol. The number of fused-ring (bicyclic) bond motifs is 3. The molecule has 5 rings (SSSR count). The van der Waals surface area contributed by atoms with Crippen LogP contribution in [-0.2, 0) is 16.1 Å². The summed E-state index contributed by atoms with van der Waals surface area (Å²) in [5.41, 5.74) is 2.75. The summed E-state index contributed by atoms with van der Waals surface area (Å²) in [6.45, 7) is 0.632. The molecule has 1 saturated heterocycles. The van der Waals surface area contributed by atoms with Crippen molar-refractivity contribution in [1.82, 2.24) is 5.32 Å². The SMILES string of the molecule is COc1cc2c(cc1N1CCC(C(=O)NCc3ccc(F)cc3)C1=O)oc1ccccc12. The molecule has 0 aliphatic carbocycles. The quantitative estimate of drug-likeness (QED) is 0.475. The van der Waals surface area contributed by atoms with E-state index in [9.17, 15) is 14.0 Å². The number of hydrogen-bond acceptors (Lipinski definition) is 4. The predicted octanol–water partition coefficient (Wildman–Crippen LogP) is 4.40. The van der Waals surface area contributed by atoms with Crippen LogP contribution < -0.4 is 15.0 Å². The van der Waals surface area contributed by atoms with Crippen LogP contribution in [0.3, 0.4) is 0 Å². The van der Waals surface area contributed by atoms with Crippen molar-refractivity contribution in [3.05, 3.63) is 72.0 Å². The standard InChI is InChI=1S/C25H21FN2O4/c1-31-23-12-19-17-4-2-3-5-21(17)32-22(19)13-20(23)28-11-10-18(25(28)30)24(29)27-14-15-6-8-16(26)9-7-15/h2-9,12-13,18H,10-11,14H2,1H3,(H,27,29). The second-order valence-corrected chi connectivity index (χ2v) is 7.79. The molecule has 7 heteroatoms. The summed E-state index contributed by atoms with van der Waals surface area (Å²) in [7, 11) is 1.56. The van der Waals surface area contributed by atoms with E-state index in [-0.39, 0.29) is 24.2 Å². The summed E-state index contributed by atoms with van der Waals surface area (Å²) in [6, 6.07) is 17.3. The number of methoxy groups -OCH3 is 1. The molecule has 1 fully saturated rings. The Labute approximate surface area is 183 Å². The van der Waals surface area contributed by atoms with E-state index in [0.29, 0.717) is 30.0 Å². The lowest BCUT2D eigenvalue weighted by Crippen LogP contribution is -2.36. The minimum Gasteiger partial charge on any atom is -0.495 e. The van der Waals surface area contributed by atoms with Crippen molar-refractivity contribution in [2.24, 2.45) is 5.92 Å². The largest absolute Gasteiger partial charge is 0.495 e. The molecular formula is C25H21FN2O4. The van der Waals surface area contributed by atoms with Crippen LogP contribution in [0.4, 0.5) is 10.1 Å². The summed E-state index contributed by atoms with van der Waals surface area (Å²) in [4.78, 5) is 27.4. The normalized spacial score (nSPS) is 16.1. The number of para-hydroxylation sites is 1. The highest BCUT2D eigenvalue weighted by molar-refractivity contribution is 6.12.